The molecule has 0 amide bonds. The number of hydrogen-bond donors (Lipinski definition) is 0. The maximum Gasteiger partial charge on any atom is 0.164 e. The van der Waals surface area contributed by atoms with Gasteiger partial charge < -0.3 is 13.6 Å². The number of rotatable bonds is 6. The minimum atomic E-state index is 0.625. The molecule has 0 spiro atoms. The number of para-hydroxylation sites is 3. The van der Waals surface area contributed by atoms with Crippen molar-refractivity contribution in [2.75, 3.05) is 0 Å². The summed E-state index contributed by atoms with van der Waals surface area (Å²) >= 11 is 0. The second kappa shape index (κ2) is 14.0. The molecule has 0 fully saturated rings. The summed E-state index contributed by atoms with van der Waals surface area (Å²) in [6, 6.07) is 74.6. The summed E-state index contributed by atoms with van der Waals surface area (Å²) in [6.45, 7) is 0. The van der Waals surface area contributed by atoms with E-state index in [1.807, 2.05) is 72.8 Å². The highest BCUT2D eigenvalue weighted by atomic mass is 16.3. The molecule has 0 saturated heterocycles. The summed E-state index contributed by atoms with van der Waals surface area (Å²) in [5, 5.41) is 7.05. The van der Waals surface area contributed by atoms with E-state index >= 15 is 0 Å². The molecule has 0 unspecified atom stereocenters. The monoisotopic (exact) mass is 805 g/mol. The van der Waals surface area contributed by atoms with Crippen LogP contribution < -0.4 is 0 Å². The third-order valence-corrected chi connectivity index (χ3v) is 12.4. The lowest BCUT2D eigenvalue weighted by molar-refractivity contribution is 0.669. The number of furan rings is 1. The van der Waals surface area contributed by atoms with Crippen molar-refractivity contribution in [3.05, 3.63) is 212 Å². The Bertz CT molecular complexity index is 3860. The Balaban J connectivity index is 0.931. The van der Waals surface area contributed by atoms with Gasteiger partial charge >= 0.3 is 0 Å². The van der Waals surface area contributed by atoms with Gasteiger partial charge in [0.2, 0.25) is 0 Å². The molecule has 4 heterocycles. The number of fused-ring (bicyclic) bond motifs is 9. The zero-order valence-electron chi connectivity index (χ0n) is 33.9. The van der Waals surface area contributed by atoms with Crippen LogP contribution in [0.5, 0.6) is 0 Å². The minimum Gasteiger partial charge on any atom is -0.456 e. The summed E-state index contributed by atoms with van der Waals surface area (Å²) < 4.78 is 10.9. The van der Waals surface area contributed by atoms with Crippen LogP contribution in [0.4, 0.5) is 0 Å². The van der Waals surface area contributed by atoms with Crippen LogP contribution in [0.15, 0.2) is 217 Å². The van der Waals surface area contributed by atoms with Gasteiger partial charge in [-0.1, -0.05) is 140 Å². The first-order valence-electron chi connectivity index (χ1n) is 21.2. The Morgan fingerprint density at radius 3 is 1.33 bits per heavy atom. The fourth-order valence-corrected chi connectivity index (χ4v) is 9.44. The van der Waals surface area contributed by atoms with Gasteiger partial charge in [-0.3, -0.25) is 0 Å². The van der Waals surface area contributed by atoms with Crippen molar-refractivity contribution in [1.29, 1.82) is 0 Å². The van der Waals surface area contributed by atoms with E-state index in [1.165, 1.54) is 32.6 Å². The first-order chi connectivity index (χ1) is 31.2. The quantitative estimate of drug-likeness (QED) is 0.168. The topological polar surface area (TPSA) is 61.7 Å². The molecule has 9 aromatic carbocycles. The van der Waals surface area contributed by atoms with Crippen LogP contribution in [0.25, 0.3) is 122 Å². The van der Waals surface area contributed by atoms with E-state index in [1.54, 1.807) is 0 Å². The van der Waals surface area contributed by atoms with Crippen LogP contribution in [0.2, 0.25) is 0 Å². The molecule has 0 radical (unpaired) electrons. The van der Waals surface area contributed by atoms with E-state index in [0.29, 0.717) is 17.5 Å². The van der Waals surface area contributed by atoms with Crippen molar-refractivity contribution in [2.24, 2.45) is 0 Å². The summed E-state index contributed by atoms with van der Waals surface area (Å²) in [5.74, 6) is 1.91. The molecule has 0 atom stereocenters. The molecule has 13 aromatic rings. The van der Waals surface area contributed by atoms with E-state index < -0.39 is 0 Å². The lowest BCUT2D eigenvalue weighted by Crippen LogP contribution is -2.01. The van der Waals surface area contributed by atoms with Gasteiger partial charge in [0.15, 0.2) is 17.5 Å². The predicted octanol–water partition coefficient (Wildman–Crippen LogP) is 14.6. The highest BCUT2D eigenvalue weighted by molar-refractivity contribution is 6.13. The van der Waals surface area contributed by atoms with Crippen LogP contribution >= 0.6 is 0 Å². The van der Waals surface area contributed by atoms with Crippen molar-refractivity contribution in [3.63, 3.8) is 0 Å². The van der Waals surface area contributed by atoms with E-state index in [-0.39, 0.29) is 0 Å². The second-order valence-corrected chi connectivity index (χ2v) is 16.0. The van der Waals surface area contributed by atoms with Gasteiger partial charge in [0, 0.05) is 60.4 Å². The molecular formula is C57H35N5O. The van der Waals surface area contributed by atoms with Gasteiger partial charge in [-0.25, -0.2) is 15.0 Å². The Morgan fingerprint density at radius 1 is 0.270 bits per heavy atom. The Labute approximate surface area is 361 Å². The van der Waals surface area contributed by atoms with E-state index in [9.17, 15) is 0 Å². The van der Waals surface area contributed by atoms with Crippen LogP contribution in [0.1, 0.15) is 0 Å². The largest absolute Gasteiger partial charge is 0.456 e. The molecule has 63 heavy (non-hydrogen) atoms. The highest BCUT2D eigenvalue weighted by Gasteiger charge is 2.19. The van der Waals surface area contributed by atoms with Crippen LogP contribution in [-0.4, -0.2) is 24.1 Å². The average molecular weight is 806 g/mol. The van der Waals surface area contributed by atoms with E-state index in [4.69, 9.17) is 19.4 Å². The molecule has 0 saturated carbocycles. The second-order valence-electron chi connectivity index (χ2n) is 16.0. The van der Waals surface area contributed by atoms with Crippen LogP contribution in [0.3, 0.4) is 0 Å². The third kappa shape index (κ3) is 5.69. The molecule has 0 aliphatic rings. The van der Waals surface area contributed by atoms with Gasteiger partial charge in [-0.05, 0) is 83.9 Å². The fourth-order valence-electron chi connectivity index (χ4n) is 9.44. The predicted molar refractivity (Wildman–Crippen MR) is 258 cm³/mol. The summed E-state index contributed by atoms with van der Waals surface area (Å²) in [7, 11) is 0. The van der Waals surface area contributed by atoms with Gasteiger partial charge in [0.05, 0.1) is 22.1 Å². The molecule has 13 rings (SSSR count). The van der Waals surface area contributed by atoms with E-state index in [2.05, 4.69) is 149 Å². The summed E-state index contributed by atoms with van der Waals surface area (Å²) in [4.78, 5) is 15.0. The van der Waals surface area contributed by atoms with Gasteiger partial charge in [0.25, 0.3) is 0 Å². The molecule has 0 bridgehead atoms. The standard InChI is InChI=1S/C57H35N5O/c1-3-14-36(15-4-1)55-58-56(37-16-5-2-6-17-37)60-57(59-55)40-18-13-19-41(32-40)61-49-23-10-7-20-43(49)46-33-38(26-29-51(46)61)39-27-30-52-47(34-39)44-21-8-11-24-50(44)62(52)42-28-31-54-48(35-42)45-22-9-12-25-53(45)63-54/h1-35H. The van der Waals surface area contributed by atoms with Crippen LogP contribution in [-0.2, 0) is 0 Å². The smallest absolute Gasteiger partial charge is 0.164 e. The Morgan fingerprint density at radius 2 is 0.730 bits per heavy atom. The molecule has 6 nitrogen and oxygen atoms in total. The zero-order chi connectivity index (χ0) is 41.4. The van der Waals surface area contributed by atoms with Gasteiger partial charge in [-0.2, -0.15) is 0 Å². The molecule has 0 N–H and O–H groups in total. The van der Waals surface area contributed by atoms with Crippen molar-refractivity contribution in [2.45, 2.75) is 0 Å². The summed E-state index contributed by atoms with van der Waals surface area (Å²) in [5.41, 5.74) is 13.7. The first kappa shape index (κ1) is 35.2. The van der Waals surface area contributed by atoms with E-state index in [0.717, 1.165) is 72.1 Å². The molecule has 0 aliphatic carbocycles. The molecule has 294 valence electrons. The molecule has 6 heteroatoms. The minimum absolute atomic E-state index is 0.625. The lowest BCUT2D eigenvalue weighted by atomic mass is 10.0. The van der Waals surface area contributed by atoms with Crippen LogP contribution in [0, 0.1) is 0 Å². The Kier molecular flexibility index (Phi) is 7.80. The number of benzene rings is 9. The molecule has 0 aliphatic heterocycles. The zero-order valence-corrected chi connectivity index (χ0v) is 33.9. The Hall–Kier alpha value is -8.61. The molecular weight excluding hydrogens is 771 g/mol. The third-order valence-electron chi connectivity index (χ3n) is 12.4. The van der Waals surface area contributed by atoms with Crippen molar-refractivity contribution >= 4 is 65.6 Å². The maximum absolute atomic E-state index is 6.19. The fraction of sp³-hybridized carbons (Fsp3) is 0. The number of aromatic nitrogens is 5. The first-order valence-corrected chi connectivity index (χ1v) is 21.2. The molecule has 4 aromatic heterocycles. The van der Waals surface area contributed by atoms with Crippen molar-refractivity contribution in [3.8, 4) is 56.7 Å². The SMILES string of the molecule is c1ccc(-c2nc(-c3ccccc3)nc(-c3cccc(-n4c5ccccc5c5cc(-c6ccc7c(c6)c6ccccc6n7-c6ccc7oc8ccccc8c7c6)ccc54)c3)n2)cc1. The number of hydrogen-bond acceptors (Lipinski definition) is 4. The van der Waals surface area contributed by atoms with Crippen molar-refractivity contribution < 1.29 is 4.42 Å². The van der Waals surface area contributed by atoms with Gasteiger partial charge in [-0.15, -0.1) is 0 Å². The van der Waals surface area contributed by atoms with Gasteiger partial charge in [0.1, 0.15) is 11.2 Å². The number of nitrogens with zero attached hydrogens (tertiary/aromatic N) is 5. The summed E-state index contributed by atoms with van der Waals surface area (Å²) in [6.07, 6.45) is 0. The maximum atomic E-state index is 6.19. The highest BCUT2D eigenvalue weighted by Crippen LogP contribution is 2.40. The lowest BCUT2D eigenvalue weighted by Gasteiger charge is -2.12. The normalized spacial score (nSPS) is 11.8. The average Bonchev–Trinajstić information content (AvgIpc) is 4.01. The van der Waals surface area contributed by atoms with Crippen molar-refractivity contribution in [1.82, 2.24) is 24.1 Å².